The maximum atomic E-state index is 11.4. The first-order valence-electron chi connectivity index (χ1n) is 6.15. The lowest BCUT2D eigenvalue weighted by molar-refractivity contribution is -0.146. The first-order chi connectivity index (χ1) is 7.14. The largest absolute Gasteiger partial charge is 0.480 e. The average molecular weight is 213 g/mol. The predicted molar refractivity (Wildman–Crippen MR) is 61.0 cm³/mol. The van der Waals surface area contributed by atoms with Crippen molar-refractivity contribution in [3.63, 3.8) is 0 Å². The van der Waals surface area contributed by atoms with Crippen molar-refractivity contribution < 1.29 is 9.90 Å². The standard InChI is InChI=1S/C12H23NO2/c1-3-8-12(9-4-2,11(14)15)13-10-6-5-7-10/h10,13H,3-9H2,1-2H3,(H,14,15). The van der Waals surface area contributed by atoms with E-state index in [9.17, 15) is 9.90 Å². The van der Waals surface area contributed by atoms with Crippen LogP contribution in [0.25, 0.3) is 0 Å². The molecule has 2 N–H and O–H groups in total. The minimum Gasteiger partial charge on any atom is -0.480 e. The van der Waals surface area contributed by atoms with Crippen LogP contribution in [0, 0.1) is 0 Å². The number of hydrogen-bond acceptors (Lipinski definition) is 2. The molecule has 0 aliphatic heterocycles. The quantitative estimate of drug-likeness (QED) is 0.683. The number of carboxylic acid groups (broad SMARTS) is 1. The molecule has 0 atom stereocenters. The third-order valence-electron chi connectivity index (χ3n) is 3.35. The van der Waals surface area contributed by atoms with E-state index in [2.05, 4.69) is 19.2 Å². The molecule has 0 amide bonds. The fraction of sp³-hybridized carbons (Fsp3) is 0.917. The van der Waals surface area contributed by atoms with Gasteiger partial charge in [-0.3, -0.25) is 10.1 Å². The molecule has 0 aromatic carbocycles. The number of carboxylic acids is 1. The Balaban J connectivity index is 2.64. The lowest BCUT2D eigenvalue weighted by Crippen LogP contribution is -2.57. The van der Waals surface area contributed by atoms with E-state index in [0.29, 0.717) is 6.04 Å². The second kappa shape index (κ2) is 5.50. The van der Waals surface area contributed by atoms with Gasteiger partial charge in [0, 0.05) is 6.04 Å². The Bertz CT molecular complexity index is 206. The summed E-state index contributed by atoms with van der Waals surface area (Å²) in [5.41, 5.74) is -0.658. The van der Waals surface area contributed by atoms with Crippen molar-refractivity contribution in [1.29, 1.82) is 0 Å². The molecule has 1 rings (SSSR count). The summed E-state index contributed by atoms with van der Waals surface area (Å²) in [6, 6.07) is 0.444. The second-order valence-corrected chi connectivity index (χ2v) is 4.66. The molecular weight excluding hydrogens is 190 g/mol. The summed E-state index contributed by atoms with van der Waals surface area (Å²) in [6.07, 6.45) is 6.86. The SMILES string of the molecule is CCCC(CCC)(NC1CCC1)C(=O)O. The molecule has 0 radical (unpaired) electrons. The molecule has 15 heavy (non-hydrogen) atoms. The van der Waals surface area contributed by atoms with Gasteiger partial charge in [-0.2, -0.15) is 0 Å². The molecule has 0 bridgehead atoms. The molecule has 1 aliphatic rings. The minimum absolute atomic E-state index is 0.444. The van der Waals surface area contributed by atoms with E-state index >= 15 is 0 Å². The zero-order valence-corrected chi connectivity index (χ0v) is 9.88. The summed E-state index contributed by atoms with van der Waals surface area (Å²) < 4.78 is 0. The van der Waals surface area contributed by atoms with Crippen LogP contribution in [0.5, 0.6) is 0 Å². The number of rotatable bonds is 7. The van der Waals surface area contributed by atoms with E-state index < -0.39 is 11.5 Å². The Labute approximate surface area is 92.3 Å². The second-order valence-electron chi connectivity index (χ2n) is 4.66. The topological polar surface area (TPSA) is 49.3 Å². The molecule has 0 aromatic rings. The van der Waals surface area contributed by atoms with Crippen LogP contribution in [0.3, 0.4) is 0 Å². The molecule has 0 heterocycles. The molecule has 1 saturated carbocycles. The van der Waals surface area contributed by atoms with Crippen LogP contribution < -0.4 is 5.32 Å². The van der Waals surface area contributed by atoms with E-state index in [0.717, 1.165) is 38.5 Å². The van der Waals surface area contributed by atoms with Gasteiger partial charge < -0.3 is 5.11 Å². The lowest BCUT2D eigenvalue weighted by Gasteiger charge is -2.38. The number of hydrogen-bond donors (Lipinski definition) is 2. The molecule has 0 unspecified atom stereocenters. The molecule has 0 spiro atoms. The minimum atomic E-state index is -0.668. The van der Waals surface area contributed by atoms with Crippen LogP contribution in [0.15, 0.2) is 0 Å². The normalized spacial score (nSPS) is 17.5. The number of nitrogens with one attached hydrogen (secondary N) is 1. The highest BCUT2D eigenvalue weighted by molar-refractivity contribution is 5.78. The van der Waals surface area contributed by atoms with E-state index in [4.69, 9.17) is 0 Å². The van der Waals surface area contributed by atoms with Crippen molar-refractivity contribution in [2.45, 2.75) is 70.4 Å². The van der Waals surface area contributed by atoms with Crippen molar-refractivity contribution in [3.05, 3.63) is 0 Å². The Hall–Kier alpha value is -0.570. The summed E-state index contributed by atoms with van der Waals surface area (Å²) >= 11 is 0. The van der Waals surface area contributed by atoms with Gasteiger partial charge >= 0.3 is 5.97 Å². The van der Waals surface area contributed by atoms with Crippen LogP contribution in [0.2, 0.25) is 0 Å². The van der Waals surface area contributed by atoms with Crippen molar-refractivity contribution in [3.8, 4) is 0 Å². The van der Waals surface area contributed by atoms with Gasteiger partial charge in [-0.15, -0.1) is 0 Å². The Morgan fingerprint density at radius 1 is 1.33 bits per heavy atom. The monoisotopic (exact) mass is 213 g/mol. The Morgan fingerprint density at radius 3 is 2.13 bits per heavy atom. The van der Waals surface area contributed by atoms with Crippen LogP contribution in [-0.4, -0.2) is 22.7 Å². The zero-order chi connectivity index (χ0) is 11.3. The van der Waals surface area contributed by atoms with Gasteiger partial charge in [-0.1, -0.05) is 33.1 Å². The highest BCUT2D eigenvalue weighted by Gasteiger charge is 2.39. The number of aliphatic carboxylic acids is 1. The fourth-order valence-corrected chi connectivity index (χ4v) is 2.34. The zero-order valence-electron chi connectivity index (χ0n) is 9.88. The highest BCUT2D eigenvalue weighted by atomic mass is 16.4. The van der Waals surface area contributed by atoms with Crippen LogP contribution in [0.1, 0.15) is 58.8 Å². The maximum absolute atomic E-state index is 11.4. The summed E-state index contributed by atoms with van der Waals surface area (Å²) in [6.45, 7) is 4.10. The van der Waals surface area contributed by atoms with Crippen molar-refractivity contribution in [1.82, 2.24) is 5.32 Å². The maximum Gasteiger partial charge on any atom is 0.323 e. The van der Waals surface area contributed by atoms with Gasteiger partial charge in [0.1, 0.15) is 5.54 Å². The van der Waals surface area contributed by atoms with Crippen molar-refractivity contribution in [2.24, 2.45) is 0 Å². The number of carbonyl (C=O) groups is 1. The van der Waals surface area contributed by atoms with E-state index in [-0.39, 0.29) is 0 Å². The third-order valence-corrected chi connectivity index (χ3v) is 3.35. The lowest BCUT2D eigenvalue weighted by atomic mass is 9.84. The van der Waals surface area contributed by atoms with Gasteiger partial charge in [-0.05, 0) is 25.7 Å². The van der Waals surface area contributed by atoms with E-state index in [1.807, 2.05) is 0 Å². The van der Waals surface area contributed by atoms with Gasteiger partial charge in [-0.25, -0.2) is 0 Å². The highest BCUT2D eigenvalue weighted by Crippen LogP contribution is 2.27. The summed E-state index contributed by atoms with van der Waals surface area (Å²) in [5.74, 6) is -0.668. The van der Waals surface area contributed by atoms with Gasteiger partial charge in [0.2, 0.25) is 0 Å². The molecular formula is C12H23NO2. The Morgan fingerprint density at radius 2 is 1.87 bits per heavy atom. The molecule has 0 saturated heterocycles. The van der Waals surface area contributed by atoms with E-state index in [1.54, 1.807) is 0 Å². The summed E-state index contributed by atoms with van der Waals surface area (Å²) in [7, 11) is 0. The molecule has 1 fully saturated rings. The van der Waals surface area contributed by atoms with Crippen LogP contribution in [-0.2, 0) is 4.79 Å². The summed E-state index contributed by atoms with van der Waals surface area (Å²) in [4.78, 5) is 11.4. The van der Waals surface area contributed by atoms with Gasteiger partial charge in [0.25, 0.3) is 0 Å². The molecule has 88 valence electrons. The van der Waals surface area contributed by atoms with Gasteiger partial charge in [0.15, 0.2) is 0 Å². The summed E-state index contributed by atoms with van der Waals surface area (Å²) in [5, 5.41) is 12.8. The van der Waals surface area contributed by atoms with Crippen molar-refractivity contribution >= 4 is 5.97 Å². The fourth-order valence-electron chi connectivity index (χ4n) is 2.34. The van der Waals surface area contributed by atoms with Crippen LogP contribution in [0.4, 0.5) is 0 Å². The molecule has 3 heteroatoms. The van der Waals surface area contributed by atoms with Crippen LogP contribution >= 0.6 is 0 Å². The smallest absolute Gasteiger partial charge is 0.323 e. The molecule has 0 aromatic heterocycles. The Kier molecular flexibility index (Phi) is 4.58. The third kappa shape index (κ3) is 2.94. The predicted octanol–water partition coefficient (Wildman–Crippen LogP) is 2.55. The molecule has 1 aliphatic carbocycles. The van der Waals surface area contributed by atoms with Crippen molar-refractivity contribution in [2.75, 3.05) is 0 Å². The first kappa shape index (κ1) is 12.5. The molecule has 3 nitrogen and oxygen atoms in total. The van der Waals surface area contributed by atoms with E-state index in [1.165, 1.54) is 6.42 Å². The first-order valence-corrected chi connectivity index (χ1v) is 6.15. The van der Waals surface area contributed by atoms with Gasteiger partial charge in [0.05, 0.1) is 0 Å². The average Bonchev–Trinajstić information content (AvgIpc) is 2.11.